The highest BCUT2D eigenvalue weighted by molar-refractivity contribution is 7.92. The number of hydrogen-bond donors (Lipinski definition) is 3. The number of amides is 1. The number of aryl methyl sites for hydroxylation is 1. The molecule has 0 spiro atoms. The molecule has 0 unspecified atom stereocenters. The van der Waals surface area contributed by atoms with Crippen molar-refractivity contribution < 1.29 is 17.9 Å². The maximum absolute atomic E-state index is 13.1. The molecule has 1 fully saturated rings. The van der Waals surface area contributed by atoms with Crippen LogP contribution in [0.5, 0.6) is 5.75 Å². The van der Waals surface area contributed by atoms with Gasteiger partial charge in [0.05, 0.1) is 34.8 Å². The van der Waals surface area contributed by atoms with Gasteiger partial charge in [0.25, 0.3) is 0 Å². The Morgan fingerprint density at radius 1 is 1.07 bits per heavy atom. The van der Waals surface area contributed by atoms with E-state index >= 15 is 0 Å². The second-order valence-electron chi connectivity index (χ2n) is 11.3. The van der Waals surface area contributed by atoms with E-state index < -0.39 is 15.1 Å². The molecule has 3 heterocycles. The number of nitrogens with zero attached hydrogens (tertiary/aromatic N) is 5. The van der Waals surface area contributed by atoms with Crippen molar-refractivity contribution in [2.75, 3.05) is 44.4 Å². The molecule has 5 rings (SSSR count). The van der Waals surface area contributed by atoms with Crippen molar-refractivity contribution >= 4 is 44.7 Å². The van der Waals surface area contributed by atoms with Gasteiger partial charge in [-0.25, -0.2) is 8.42 Å². The summed E-state index contributed by atoms with van der Waals surface area (Å²) in [5, 5.41) is 12.9. The van der Waals surface area contributed by atoms with Crippen molar-refractivity contribution in [2.24, 2.45) is 0 Å². The summed E-state index contributed by atoms with van der Waals surface area (Å²) in [5.41, 5.74) is 4.03. The second kappa shape index (κ2) is 13.2. The van der Waals surface area contributed by atoms with Crippen LogP contribution in [0.25, 0.3) is 5.65 Å². The van der Waals surface area contributed by atoms with Gasteiger partial charge < -0.3 is 25.6 Å². The van der Waals surface area contributed by atoms with Crippen LogP contribution >= 0.6 is 0 Å². The van der Waals surface area contributed by atoms with Gasteiger partial charge in [-0.15, -0.1) is 0 Å². The van der Waals surface area contributed by atoms with Gasteiger partial charge in [0.2, 0.25) is 17.8 Å². The molecule has 1 saturated heterocycles. The fraction of sp³-hybridized carbons (Fsp3) is 0.419. The van der Waals surface area contributed by atoms with Crippen molar-refractivity contribution in [1.82, 2.24) is 29.8 Å². The van der Waals surface area contributed by atoms with Crippen molar-refractivity contribution in [2.45, 2.75) is 56.1 Å². The van der Waals surface area contributed by atoms with E-state index in [2.05, 4.69) is 48.9 Å². The lowest BCUT2D eigenvalue weighted by molar-refractivity contribution is -0.121. The Morgan fingerprint density at radius 2 is 1.82 bits per heavy atom. The van der Waals surface area contributed by atoms with E-state index in [1.807, 2.05) is 6.07 Å². The number of ether oxygens (including phenoxy) is 1. The van der Waals surface area contributed by atoms with E-state index in [1.54, 1.807) is 64.5 Å². The molecule has 0 aliphatic carbocycles. The first-order valence-electron chi connectivity index (χ1n) is 14.8. The standard InChI is InChI=1S/C31H40N8O4S/c1-20(2)44(41,42)27-9-7-6-8-24(27)35-31-37-30(36-28-10-14-33-39(28)31)34-25-18-21(3)23(19-26(25)43-5)22-11-15-38(16-12-22)17-13-29(40)32-4/h6-10,14,18-20,22H,11-13,15-17H2,1-5H3,(H,32,40)(H2,34,35,36,37). The highest BCUT2D eigenvalue weighted by Gasteiger charge is 2.25. The van der Waals surface area contributed by atoms with E-state index in [1.165, 1.54) is 10.1 Å². The third-order valence-corrected chi connectivity index (χ3v) is 10.3. The largest absolute Gasteiger partial charge is 0.495 e. The lowest BCUT2D eigenvalue weighted by atomic mass is 9.86. The minimum atomic E-state index is -3.55. The summed E-state index contributed by atoms with van der Waals surface area (Å²) in [6.45, 7) is 8.07. The van der Waals surface area contributed by atoms with Gasteiger partial charge in [0, 0.05) is 26.1 Å². The first-order chi connectivity index (χ1) is 21.1. The number of fused-ring (bicyclic) bond motifs is 1. The molecule has 44 heavy (non-hydrogen) atoms. The zero-order valence-electron chi connectivity index (χ0n) is 25.8. The van der Waals surface area contributed by atoms with Gasteiger partial charge in [-0.3, -0.25) is 4.79 Å². The molecule has 1 aliphatic rings. The molecular formula is C31H40N8O4S. The van der Waals surface area contributed by atoms with Crippen LogP contribution in [-0.4, -0.2) is 77.8 Å². The Morgan fingerprint density at radius 3 is 2.52 bits per heavy atom. The highest BCUT2D eigenvalue weighted by Crippen LogP contribution is 2.37. The van der Waals surface area contributed by atoms with E-state index in [0.717, 1.165) is 43.7 Å². The third kappa shape index (κ3) is 6.63. The molecule has 12 nitrogen and oxygen atoms in total. The molecule has 234 valence electrons. The van der Waals surface area contributed by atoms with Gasteiger partial charge in [-0.1, -0.05) is 12.1 Å². The number of nitrogens with one attached hydrogen (secondary N) is 3. The molecule has 3 N–H and O–H groups in total. The van der Waals surface area contributed by atoms with E-state index in [0.29, 0.717) is 41.3 Å². The fourth-order valence-corrected chi connectivity index (χ4v) is 6.74. The summed E-state index contributed by atoms with van der Waals surface area (Å²) >= 11 is 0. The summed E-state index contributed by atoms with van der Waals surface area (Å²) in [6, 6.07) is 12.7. The molecule has 0 saturated carbocycles. The van der Waals surface area contributed by atoms with Gasteiger partial charge in [0.1, 0.15) is 5.75 Å². The molecule has 0 atom stereocenters. The molecular weight excluding hydrogens is 580 g/mol. The Balaban J connectivity index is 1.39. The van der Waals surface area contributed by atoms with Crippen molar-refractivity contribution in [3.8, 4) is 5.75 Å². The average Bonchev–Trinajstić information content (AvgIpc) is 3.49. The summed E-state index contributed by atoms with van der Waals surface area (Å²) in [6.07, 6.45) is 4.14. The number of sulfone groups is 1. The van der Waals surface area contributed by atoms with Crippen LogP contribution in [0.4, 0.5) is 23.3 Å². The smallest absolute Gasteiger partial charge is 0.233 e. The van der Waals surface area contributed by atoms with Crippen LogP contribution in [0.3, 0.4) is 0 Å². The third-order valence-electron chi connectivity index (χ3n) is 8.11. The van der Waals surface area contributed by atoms with Crippen molar-refractivity contribution in [1.29, 1.82) is 0 Å². The predicted molar refractivity (Wildman–Crippen MR) is 171 cm³/mol. The molecule has 4 aromatic rings. The quantitative estimate of drug-likeness (QED) is 0.220. The van der Waals surface area contributed by atoms with E-state index in [9.17, 15) is 13.2 Å². The minimum Gasteiger partial charge on any atom is -0.495 e. The number of rotatable bonds is 11. The molecule has 2 aromatic heterocycles. The molecule has 13 heteroatoms. The maximum atomic E-state index is 13.1. The number of methoxy groups -OCH3 is 1. The Labute approximate surface area is 258 Å². The number of piperidine rings is 1. The minimum absolute atomic E-state index is 0.0685. The van der Waals surface area contributed by atoms with Crippen LogP contribution < -0.4 is 20.7 Å². The normalized spacial score (nSPS) is 14.6. The summed E-state index contributed by atoms with van der Waals surface area (Å²) in [7, 11) is -0.240. The summed E-state index contributed by atoms with van der Waals surface area (Å²) in [5.74, 6) is 1.75. The first kappa shape index (κ1) is 31.2. The van der Waals surface area contributed by atoms with Crippen LogP contribution in [0, 0.1) is 6.92 Å². The number of likely N-dealkylation sites (tertiary alicyclic amines) is 1. The molecule has 0 bridgehead atoms. The lowest BCUT2D eigenvalue weighted by Crippen LogP contribution is -2.35. The maximum Gasteiger partial charge on any atom is 0.233 e. The number of benzene rings is 2. The number of carbonyl (C=O) groups excluding carboxylic acids is 1. The monoisotopic (exact) mass is 620 g/mol. The second-order valence-corrected chi connectivity index (χ2v) is 13.7. The molecule has 1 aliphatic heterocycles. The molecule has 1 amide bonds. The Hall–Kier alpha value is -4.23. The summed E-state index contributed by atoms with van der Waals surface area (Å²) < 4.78 is 33.4. The topological polar surface area (TPSA) is 143 Å². The van der Waals surface area contributed by atoms with Crippen LogP contribution in [-0.2, 0) is 14.6 Å². The van der Waals surface area contributed by atoms with Gasteiger partial charge >= 0.3 is 0 Å². The summed E-state index contributed by atoms with van der Waals surface area (Å²) in [4.78, 5) is 23.5. The van der Waals surface area contributed by atoms with Crippen molar-refractivity contribution in [3.05, 3.63) is 59.8 Å². The van der Waals surface area contributed by atoms with Crippen molar-refractivity contribution in [3.63, 3.8) is 0 Å². The predicted octanol–water partition coefficient (Wildman–Crippen LogP) is 4.43. The first-order valence-corrected chi connectivity index (χ1v) is 16.4. The fourth-order valence-electron chi connectivity index (χ4n) is 5.54. The van der Waals surface area contributed by atoms with Gasteiger partial charge in [0.15, 0.2) is 15.5 Å². The Kier molecular flexibility index (Phi) is 9.35. The zero-order valence-corrected chi connectivity index (χ0v) is 26.6. The zero-order chi connectivity index (χ0) is 31.4. The van der Waals surface area contributed by atoms with Gasteiger partial charge in [-0.2, -0.15) is 19.6 Å². The van der Waals surface area contributed by atoms with Crippen LogP contribution in [0.1, 0.15) is 50.2 Å². The van der Waals surface area contributed by atoms with E-state index in [-0.39, 0.29) is 10.8 Å². The molecule has 2 aromatic carbocycles. The van der Waals surface area contributed by atoms with Crippen LogP contribution in [0.2, 0.25) is 0 Å². The van der Waals surface area contributed by atoms with Gasteiger partial charge in [-0.05, 0) is 88.0 Å². The number of aromatic nitrogens is 4. The average molecular weight is 621 g/mol. The SMILES string of the molecule is CNC(=O)CCN1CCC(c2cc(OC)c(Nc3nc(Nc4ccccc4S(=O)(=O)C(C)C)n4nccc4n3)cc2C)CC1. The lowest BCUT2D eigenvalue weighted by Gasteiger charge is -2.33. The highest BCUT2D eigenvalue weighted by atomic mass is 32.2. The van der Waals surface area contributed by atoms with E-state index in [4.69, 9.17) is 4.74 Å². The van der Waals surface area contributed by atoms with Crippen LogP contribution in [0.15, 0.2) is 53.6 Å². The number of carbonyl (C=O) groups is 1. The Bertz CT molecular complexity index is 1750. The number of anilines is 4. The number of hydrogen-bond acceptors (Lipinski definition) is 10. The molecule has 0 radical (unpaired) electrons. The number of para-hydroxylation sites is 1.